The number of para-hydroxylation sites is 4. The molecule has 0 atom stereocenters. The van der Waals surface area contributed by atoms with E-state index in [0.29, 0.717) is 0 Å². The van der Waals surface area contributed by atoms with Gasteiger partial charge in [0.2, 0.25) is 0 Å². The van der Waals surface area contributed by atoms with Gasteiger partial charge in [-0.3, -0.25) is 0 Å². The molecule has 0 spiro atoms. The Labute approximate surface area is 602 Å². The second kappa shape index (κ2) is 25.1. The lowest BCUT2D eigenvalue weighted by atomic mass is 9.94. The molecule has 0 fully saturated rings. The molecule has 0 saturated carbocycles. The SMILES string of the molecule is c1ccc(-c2ccc(N(c3cccc(-c4ccc5ccccc5c4)c3)c3ccccc3-c3cccc4c3oc3cc5c(-c6cccc(-c7ccc(N(c8cccc(-c9cccc%10ccccc9%10)c8)c8ccccc8-c8cccc9c8oc8cc%10ccccc%10cc89)cc7)c6)cccc5cc34)cc2)cc1. The number of benzene rings is 18. The van der Waals surface area contributed by atoms with Crippen molar-refractivity contribution in [2.24, 2.45) is 0 Å². The molecule has 18 aromatic carbocycles. The van der Waals surface area contributed by atoms with Crippen molar-refractivity contribution >= 4 is 121 Å². The largest absolute Gasteiger partial charge is 0.455 e. The molecule has 4 nitrogen and oxygen atoms in total. The number of anilines is 6. The van der Waals surface area contributed by atoms with Crippen LogP contribution < -0.4 is 9.80 Å². The summed E-state index contributed by atoms with van der Waals surface area (Å²) in [5, 5.41) is 13.8. The highest BCUT2D eigenvalue weighted by Crippen LogP contribution is 2.49. The molecule has 2 aromatic heterocycles. The zero-order chi connectivity index (χ0) is 68.6. The fraction of sp³-hybridized carbons (Fsp3) is 0. The van der Waals surface area contributed by atoms with Crippen LogP contribution in [0.25, 0.3) is 165 Å². The lowest BCUT2D eigenvalue weighted by Gasteiger charge is -2.28. The minimum absolute atomic E-state index is 0.838. The fourth-order valence-electron chi connectivity index (χ4n) is 16.0. The quantitative estimate of drug-likeness (QED) is 0.115. The molecule has 2 heterocycles. The van der Waals surface area contributed by atoms with Crippen LogP contribution in [0.1, 0.15) is 0 Å². The summed E-state index contributed by atoms with van der Waals surface area (Å²) in [6, 6.07) is 141. The summed E-state index contributed by atoms with van der Waals surface area (Å²) in [4.78, 5) is 4.80. The predicted octanol–water partition coefficient (Wildman–Crippen LogP) is 28.7. The molecule has 20 aromatic rings. The average Bonchev–Trinajstić information content (AvgIpc) is 1.59. The summed E-state index contributed by atoms with van der Waals surface area (Å²) in [5.41, 5.74) is 25.3. The third kappa shape index (κ3) is 10.5. The van der Waals surface area contributed by atoms with Crippen LogP contribution in [0.3, 0.4) is 0 Å². The summed E-state index contributed by atoms with van der Waals surface area (Å²) in [7, 11) is 0. The molecule has 0 aliphatic rings. The van der Waals surface area contributed by atoms with Crippen LogP contribution in [0.4, 0.5) is 34.1 Å². The minimum atomic E-state index is 0.838. The third-order valence-corrected chi connectivity index (χ3v) is 21.0. The topological polar surface area (TPSA) is 32.8 Å². The van der Waals surface area contributed by atoms with Crippen LogP contribution in [0.2, 0.25) is 0 Å². The van der Waals surface area contributed by atoms with E-state index < -0.39 is 0 Å². The molecule has 104 heavy (non-hydrogen) atoms. The molecule has 0 aliphatic heterocycles. The van der Waals surface area contributed by atoms with Crippen LogP contribution in [0, 0.1) is 0 Å². The second-order valence-corrected chi connectivity index (χ2v) is 27.1. The van der Waals surface area contributed by atoms with Crippen LogP contribution in [-0.4, -0.2) is 0 Å². The lowest BCUT2D eigenvalue weighted by molar-refractivity contribution is 0.670. The van der Waals surface area contributed by atoms with Crippen LogP contribution in [0.5, 0.6) is 0 Å². The first-order valence-corrected chi connectivity index (χ1v) is 35.6. The maximum absolute atomic E-state index is 7.24. The predicted molar refractivity (Wildman–Crippen MR) is 438 cm³/mol. The van der Waals surface area contributed by atoms with Crippen molar-refractivity contribution in [3.05, 3.63) is 388 Å². The van der Waals surface area contributed by atoms with Crippen molar-refractivity contribution in [3.63, 3.8) is 0 Å². The summed E-state index contributed by atoms with van der Waals surface area (Å²) < 4.78 is 14.2. The maximum Gasteiger partial charge on any atom is 0.143 e. The van der Waals surface area contributed by atoms with Crippen molar-refractivity contribution in [2.75, 3.05) is 9.80 Å². The Morgan fingerprint density at radius 2 is 0.538 bits per heavy atom. The van der Waals surface area contributed by atoms with E-state index in [1.165, 1.54) is 43.6 Å². The van der Waals surface area contributed by atoms with Gasteiger partial charge in [-0.05, 0) is 196 Å². The highest BCUT2D eigenvalue weighted by Gasteiger charge is 2.25. The summed E-state index contributed by atoms with van der Waals surface area (Å²) in [5.74, 6) is 0. The number of fused-ring (bicyclic) bond motifs is 10. The van der Waals surface area contributed by atoms with Gasteiger partial charge in [0.25, 0.3) is 0 Å². The Morgan fingerprint density at radius 3 is 1.18 bits per heavy atom. The Bertz CT molecular complexity index is 6740. The van der Waals surface area contributed by atoms with Crippen molar-refractivity contribution in [1.29, 1.82) is 0 Å². The van der Waals surface area contributed by atoms with Gasteiger partial charge in [0.15, 0.2) is 0 Å². The fourth-order valence-corrected chi connectivity index (χ4v) is 16.0. The summed E-state index contributed by atoms with van der Waals surface area (Å²) >= 11 is 0. The van der Waals surface area contributed by atoms with Crippen molar-refractivity contribution in [2.45, 2.75) is 0 Å². The molecule has 0 bridgehead atoms. The molecule has 0 unspecified atom stereocenters. The molecule has 486 valence electrons. The van der Waals surface area contributed by atoms with Crippen molar-refractivity contribution in [3.8, 4) is 77.9 Å². The molecular formula is C100H64N2O2. The maximum atomic E-state index is 7.24. The van der Waals surface area contributed by atoms with E-state index in [1.54, 1.807) is 0 Å². The monoisotopic (exact) mass is 1320 g/mol. The molecule has 0 amide bonds. The lowest BCUT2D eigenvalue weighted by Crippen LogP contribution is -2.11. The molecule has 0 radical (unpaired) electrons. The number of nitrogens with zero attached hydrogens (tertiary/aromatic N) is 2. The third-order valence-electron chi connectivity index (χ3n) is 21.0. The first kappa shape index (κ1) is 60.2. The van der Waals surface area contributed by atoms with E-state index in [-0.39, 0.29) is 0 Å². The number of rotatable bonds is 13. The zero-order valence-electron chi connectivity index (χ0n) is 56.7. The highest BCUT2D eigenvalue weighted by atomic mass is 16.3. The molecule has 4 heteroatoms. The van der Waals surface area contributed by atoms with Gasteiger partial charge in [-0.2, -0.15) is 0 Å². The first-order chi connectivity index (χ1) is 51.5. The molecule has 0 N–H and O–H groups in total. The Morgan fingerprint density at radius 1 is 0.163 bits per heavy atom. The van der Waals surface area contributed by atoms with Gasteiger partial charge in [-0.25, -0.2) is 0 Å². The van der Waals surface area contributed by atoms with Crippen molar-refractivity contribution in [1.82, 2.24) is 0 Å². The Kier molecular flexibility index (Phi) is 14.5. The number of hydrogen-bond donors (Lipinski definition) is 0. The van der Waals surface area contributed by atoms with E-state index in [4.69, 9.17) is 8.83 Å². The second-order valence-electron chi connectivity index (χ2n) is 27.1. The molecular weight excluding hydrogens is 1260 g/mol. The Balaban J connectivity index is 0.668. The van der Waals surface area contributed by atoms with E-state index in [2.05, 4.69) is 398 Å². The van der Waals surface area contributed by atoms with E-state index >= 15 is 0 Å². The minimum Gasteiger partial charge on any atom is -0.455 e. The van der Waals surface area contributed by atoms with Gasteiger partial charge < -0.3 is 18.6 Å². The molecule has 0 aliphatic carbocycles. The van der Waals surface area contributed by atoms with Gasteiger partial charge in [-0.15, -0.1) is 0 Å². The normalized spacial score (nSPS) is 11.7. The summed E-state index contributed by atoms with van der Waals surface area (Å²) in [6.45, 7) is 0. The van der Waals surface area contributed by atoms with Gasteiger partial charge in [0.05, 0.1) is 11.4 Å². The van der Waals surface area contributed by atoms with E-state index in [1.807, 2.05) is 0 Å². The standard InChI is InChI=1S/C100H64N2O2/c1-2-21-65(22-3-1)67-49-53-79(54-50-67)101(81-34-15-30-72(59-81)75-48-47-66-23-4-5-25-70(66)57-75)95-45-12-10-38-87(95)89-42-20-44-91-94-62-78-33-18-40-85(92(78)64-98(94)104-100(89)91)76-31-14-29-71(58-76)68-51-55-80(56-52-68)102(82-35-16-32-77(60-82)84-39-17-28-69-24-8-9-36-83(69)84)96-46-13-11-37-86(96)88-41-19-43-90-93-61-73-26-6-7-27-74(73)63-97(93)103-99(88)90/h1-64H. The zero-order valence-corrected chi connectivity index (χ0v) is 56.7. The van der Waals surface area contributed by atoms with E-state index in [0.717, 1.165) is 155 Å². The van der Waals surface area contributed by atoms with Gasteiger partial charge in [0.1, 0.15) is 22.3 Å². The Hall–Kier alpha value is -13.8. The van der Waals surface area contributed by atoms with Gasteiger partial charge in [0, 0.05) is 66.5 Å². The van der Waals surface area contributed by atoms with Crippen LogP contribution >= 0.6 is 0 Å². The highest BCUT2D eigenvalue weighted by molar-refractivity contribution is 6.17. The smallest absolute Gasteiger partial charge is 0.143 e. The summed E-state index contributed by atoms with van der Waals surface area (Å²) in [6.07, 6.45) is 0. The van der Waals surface area contributed by atoms with Crippen LogP contribution in [0.15, 0.2) is 397 Å². The van der Waals surface area contributed by atoms with Gasteiger partial charge >= 0.3 is 0 Å². The average molecular weight is 1330 g/mol. The molecule has 0 saturated heterocycles. The van der Waals surface area contributed by atoms with Crippen LogP contribution in [-0.2, 0) is 0 Å². The number of hydrogen-bond acceptors (Lipinski definition) is 4. The van der Waals surface area contributed by atoms with Crippen molar-refractivity contribution < 1.29 is 8.83 Å². The first-order valence-electron chi connectivity index (χ1n) is 35.6. The van der Waals surface area contributed by atoms with E-state index in [9.17, 15) is 0 Å². The van der Waals surface area contributed by atoms with Gasteiger partial charge in [-0.1, -0.05) is 291 Å². The number of furan rings is 2. The molecule has 20 rings (SSSR count).